The van der Waals surface area contributed by atoms with Gasteiger partial charge in [0.05, 0.1) is 12.4 Å². The van der Waals surface area contributed by atoms with Gasteiger partial charge >= 0.3 is 0 Å². The first-order chi connectivity index (χ1) is 13.9. The molecule has 3 fully saturated rings. The molecule has 2 aromatic heterocycles. The van der Waals surface area contributed by atoms with Gasteiger partial charge in [-0.15, -0.1) is 11.3 Å². The molecule has 5 rings (SSSR count). The number of aliphatic imine (C=N–C) groups is 1. The maximum Gasteiger partial charge on any atom is 0.191 e. The lowest BCUT2D eigenvalue weighted by Crippen LogP contribution is -2.72. The predicted octanol–water partition coefficient (Wildman–Crippen LogP) is 3.62. The summed E-state index contributed by atoms with van der Waals surface area (Å²) in [6.45, 7) is 2.55. The minimum absolute atomic E-state index is 0.360. The van der Waals surface area contributed by atoms with Crippen molar-refractivity contribution in [2.75, 3.05) is 19.7 Å². The van der Waals surface area contributed by atoms with Crippen molar-refractivity contribution in [2.45, 2.75) is 50.7 Å². The normalized spacial score (nSPS) is 27.9. The average Bonchev–Trinajstić information content (AvgIpc) is 3.40. The van der Waals surface area contributed by atoms with E-state index in [2.05, 4.69) is 28.1 Å². The van der Waals surface area contributed by atoms with Crippen LogP contribution in [0.1, 0.15) is 36.3 Å². The zero-order chi connectivity index (χ0) is 18.8. The van der Waals surface area contributed by atoms with Gasteiger partial charge in [0, 0.05) is 54.8 Å². The molecule has 28 heavy (non-hydrogen) atoms. The maximum atomic E-state index is 6.07. The molecule has 2 aliphatic carbocycles. The van der Waals surface area contributed by atoms with Gasteiger partial charge in [0.15, 0.2) is 5.96 Å². The summed E-state index contributed by atoms with van der Waals surface area (Å²) in [7, 11) is 0. The lowest BCUT2D eigenvalue weighted by Gasteiger charge is -2.63. The van der Waals surface area contributed by atoms with Crippen LogP contribution in [0, 0.1) is 11.3 Å². The molecular formula is C22H29N3O2S. The Bertz CT molecular complexity index is 783. The van der Waals surface area contributed by atoms with Crippen molar-refractivity contribution in [1.82, 2.24) is 10.6 Å². The van der Waals surface area contributed by atoms with Crippen LogP contribution in [-0.4, -0.2) is 37.8 Å². The lowest BCUT2D eigenvalue weighted by molar-refractivity contribution is -0.171. The van der Waals surface area contributed by atoms with E-state index >= 15 is 0 Å². The zero-order valence-electron chi connectivity index (χ0n) is 16.2. The quantitative estimate of drug-likeness (QED) is 0.552. The summed E-state index contributed by atoms with van der Waals surface area (Å²) < 4.78 is 11.5. The smallest absolute Gasteiger partial charge is 0.191 e. The average molecular weight is 400 g/mol. The first kappa shape index (κ1) is 18.3. The Labute approximate surface area is 170 Å². The molecule has 1 saturated heterocycles. The van der Waals surface area contributed by atoms with Gasteiger partial charge in [-0.3, -0.25) is 4.99 Å². The molecule has 2 aromatic rings. The summed E-state index contributed by atoms with van der Waals surface area (Å²) in [5.41, 5.74) is 0.360. The number of hydrogen-bond donors (Lipinski definition) is 2. The minimum atomic E-state index is 0.360. The first-order valence-corrected chi connectivity index (χ1v) is 11.4. The molecule has 3 aliphatic rings. The third-order valence-electron chi connectivity index (χ3n) is 6.78. The van der Waals surface area contributed by atoms with Crippen LogP contribution in [0.4, 0.5) is 0 Å². The van der Waals surface area contributed by atoms with Crippen LogP contribution in [0.2, 0.25) is 0 Å². The summed E-state index contributed by atoms with van der Waals surface area (Å²) >= 11 is 1.81. The van der Waals surface area contributed by atoms with Gasteiger partial charge in [0.2, 0.25) is 0 Å². The van der Waals surface area contributed by atoms with Crippen molar-refractivity contribution in [3.8, 4) is 0 Å². The van der Waals surface area contributed by atoms with Crippen molar-refractivity contribution in [3.05, 3.63) is 46.5 Å². The Kier molecular flexibility index (Phi) is 5.16. The molecule has 3 unspecified atom stereocenters. The molecule has 0 amide bonds. The molecule has 1 spiro atoms. The van der Waals surface area contributed by atoms with E-state index in [9.17, 15) is 0 Å². The highest BCUT2D eigenvalue weighted by atomic mass is 32.1. The lowest BCUT2D eigenvalue weighted by atomic mass is 9.46. The number of fused-ring (bicyclic) bond motifs is 2. The highest BCUT2D eigenvalue weighted by Crippen LogP contribution is 2.62. The molecule has 1 aliphatic heterocycles. The van der Waals surface area contributed by atoms with Gasteiger partial charge in [0.1, 0.15) is 5.76 Å². The van der Waals surface area contributed by atoms with Crippen LogP contribution >= 0.6 is 11.3 Å². The Balaban J connectivity index is 1.23. The summed E-state index contributed by atoms with van der Waals surface area (Å²) in [5.74, 6) is 2.60. The third kappa shape index (κ3) is 3.37. The van der Waals surface area contributed by atoms with Gasteiger partial charge in [-0.2, -0.15) is 0 Å². The van der Waals surface area contributed by atoms with Gasteiger partial charge in [-0.05, 0) is 42.8 Å². The highest BCUT2D eigenvalue weighted by molar-refractivity contribution is 7.09. The molecule has 0 radical (unpaired) electrons. The fourth-order valence-corrected chi connectivity index (χ4v) is 5.95. The number of guanidine groups is 1. The fraction of sp³-hybridized carbons (Fsp3) is 0.591. The van der Waals surface area contributed by atoms with Crippen molar-refractivity contribution in [1.29, 1.82) is 0 Å². The van der Waals surface area contributed by atoms with Crippen molar-refractivity contribution in [3.63, 3.8) is 0 Å². The third-order valence-corrected chi connectivity index (χ3v) is 7.72. The second-order valence-corrected chi connectivity index (χ2v) is 9.30. The zero-order valence-corrected chi connectivity index (χ0v) is 17.0. The molecular weight excluding hydrogens is 370 g/mol. The van der Waals surface area contributed by atoms with E-state index in [-0.39, 0.29) is 0 Å². The standard InChI is InChI=1S/C22H29N3O2S/c1-4-16(26-13-1)6-11-23-21(24-12-7-17-5-2-15-28-17)25-19-18-8-14-27-20(18)22(19)9-3-10-22/h1-2,4-5,13,15,18-20H,3,6-12,14H2,(H2,23,24,25). The number of nitrogens with one attached hydrogen (secondary N) is 2. The second-order valence-electron chi connectivity index (χ2n) is 8.27. The number of thiophene rings is 1. The largest absolute Gasteiger partial charge is 0.469 e. The SMILES string of the molecule is c1coc(CCNC(=NCCc2cccs2)NC2C3CCOC3C23CCC3)c1. The van der Waals surface area contributed by atoms with E-state index < -0.39 is 0 Å². The summed E-state index contributed by atoms with van der Waals surface area (Å²) in [4.78, 5) is 6.30. The molecule has 2 N–H and O–H groups in total. The predicted molar refractivity (Wildman–Crippen MR) is 112 cm³/mol. The van der Waals surface area contributed by atoms with E-state index in [0.717, 1.165) is 44.3 Å². The van der Waals surface area contributed by atoms with Crippen LogP contribution in [0.3, 0.4) is 0 Å². The Morgan fingerprint density at radius 1 is 1.25 bits per heavy atom. The summed E-state index contributed by atoms with van der Waals surface area (Å²) in [5, 5.41) is 9.49. The van der Waals surface area contributed by atoms with Gasteiger partial charge in [-0.25, -0.2) is 0 Å². The highest BCUT2D eigenvalue weighted by Gasteiger charge is 2.66. The van der Waals surface area contributed by atoms with Gasteiger partial charge < -0.3 is 19.8 Å². The van der Waals surface area contributed by atoms with Crippen LogP contribution in [0.25, 0.3) is 0 Å². The minimum Gasteiger partial charge on any atom is -0.469 e. The van der Waals surface area contributed by atoms with E-state index in [0.29, 0.717) is 23.5 Å². The Hall–Kier alpha value is -1.79. The molecule has 6 heteroatoms. The number of nitrogens with zero attached hydrogens (tertiary/aromatic N) is 1. The second kappa shape index (κ2) is 7.91. The molecule has 0 aromatic carbocycles. The van der Waals surface area contributed by atoms with Crippen molar-refractivity contribution in [2.24, 2.45) is 16.3 Å². The monoisotopic (exact) mass is 399 g/mol. The topological polar surface area (TPSA) is 58.8 Å². The van der Waals surface area contributed by atoms with Crippen molar-refractivity contribution < 1.29 is 9.15 Å². The van der Waals surface area contributed by atoms with Crippen LogP contribution in [0.15, 0.2) is 45.3 Å². The summed E-state index contributed by atoms with van der Waals surface area (Å²) in [6, 6.07) is 8.77. The van der Waals surface area contributed by atoms with E-state index in [1.807, 2.05) is 12.1 Å². The number of rotatable bonds is 7. The first-order valence-electron chi connectivity index (χ1n) is 10.6. The van der Waals surface area contributed by atoms with E-state index in [1.165, 1.54) is 30.6 Å². The molecule has 5 nitrogen and oxygen atoms in total. The number of ether oxygens (including phenoxy) is 1. The number of hydrogen-bond acceptors (Lipinski definition) is 4. The molecule has 3 atom stereocenters. The molecule has 3 heterocycles. The van der Waals surface area contributed by atoms with Crippen LogP contribution in [-0.2, 0) is 17.6 Å². The Morgan fingerprint density at radius 3 is 2.96 bits per heavy atom. The molecule has 150 valence electrons. The molecule has 2 saturated carbocycles. The van der Waals surface area contributed by atoms with Crippen LogP contribution in [0.5, 0.6) is 0 Å². The molecule has 0 bridgehead atoms. The summed E-state index contributed by atoms with van der Waals surface area (Å²) in [6.07, 6.45) is 9.17. The van der Waals surface area contributed by atoms with Gasteiger partial charge in [-0.1, -0.05) is 12.5 Å². The van der Waals surface area contributed by atoms with Gasteiger partial charge in [0.25, 0.3) is 0 Å². The fourth-order valence-electron chi connectivity index (χ4n) is 5.25. The van der Waals surface area contributed by atoms with Crippen LogP contribution < -0.4 is 10.6 Å². The Morgan fingerprint density at radius 2 is 2.21 bits per heavy atom. The van der Waals surface area contributed by atoms with Crippen molar-refractivity contribution >= 4 is 17.3 Å². The maximum absolute atomic E-state index is 6.07. The number of furan rings is 1. The van der Waals surface area contributed by atoms with E-state index in [1.54, 1.807) is 17.6 Å². The van der Waals surface area contributed by atoms with E-state index in [4.69, 9.17) is 14.1 Å².